The summed E-state index contributed by atoms with van der Waals surface area (Å²) in [6.07, 6.45) is 0. The van der Waals surface area contributed by atoms with Gasteiger partial charge in [-0.1, -0.05) is 42.5 Å². The highest BCUT2D eigenvalue weighted by Gasteiger charge is 2.04. The maximum atomic E-state index is 13.2. The van der Waals surface area contributed by atoms with E-state index in [4.69, 9.17) is 4.74 Å². The molecule has 0 aliphatic carbocycles. The minimum Gasteiger partial charge on any atom is -0.489 e. The summed E-state index contributed by atoms with van der Waals surface area (Å²) in [5.41, 5.74) is 2.33. The van der Waals surface area contributed by atoms with Gasteiger partial charge < -0.3 is 4.74 Å². The Morgan fingerprint density at radius 1 is 0.682 bits per heavy atom. The van der Waals surface area contributed by atoms with E-state index in [2.05, 4.69) is 0 Å². The summed E-state index contributed by atoms with van der Waals surface area (Å²) in [5.74, 6) is -0.455. The predicted molar refractivity (Wildman–Crippen MR) is 82.6 cm³/mol. The lowest BCUT2D eigenvalue weighted by atomic mass is 10.1. The molecule has 0 N–H and O–H groups in total. The Bertz CT molecular complexity index is 732. The molecule has 0 aromatic heterocycles. The number of halogens is 2. The largest absolute Gasteiger partial charge is 0.489 e. The Labute approximate surface area is 127 Å². The molecule has 0 spiro atoms. The van der Waals surface area contributed by atoms with E-state index in [9.17, 15) is 8.78 Å². The fourth-order valence-corrected chi connectivity index (χ4v) is 2.21. The maximum absolute atomic E-state index is 13.2. The van der Waals surface area contributed by atoms with Crippen molar-refractivity contribution < 1.29 is 13.5 Å². The molecule has 0 radical (unpaired) electrons. The maximum Gasteiger partial charge on any atom is 0.126 e. The van der Waals surface area contributed by atoms with Crippen LogP contribution in [0.4, 0.5) is 8.78 Å². The third-order valence-corrected chi connectivity index (χ3v) is 3.30. The van der Waals surface area contributed by atoms with Crippen molar-refractivity contribution in [2.75, 3.05) is 0 Å². The quantitative estimate of drug-likeness (QED) is 0.642. The number of hydrogen-bond donors (Lipinski definition) is 0. The summed E-state index contributed by atoms with van der Waals surface area (Å²) in [4.78, 5) is 0. The van der Waals surface area contributed by atoms with Crippen LogP contribution >= 0.6 is 0 Å². The molecule has 0 saturated carbocycles. The van der Waals surface area contributed by atoms with Crippen LogP contribution in [0.15, 0.2) is 72.8 Å². The molecule has 110 valence electrons. The summed E-state index contributed by atoms with van der Waals surface area (Å²) in [5, 5.41) is 0. The van der Waals surface area contributed by atoms with E-state index in [-0.39, 0.29) is 0 Å². The van der Waals surface area contributed by atoms with Crippen LogP contribution in [0, 0.1) is 11.6 Å². The van der Waals surface area contributed by atoms with Crippen LogP contribution in [0.3, 0.4) is 0 Å². The summed E-state index contributed by atoms with van der Waals surface area (Å²) < 4.78 is 32.2. The topological polar surface area (TPSA) is 9.23 Å². The molecule has 0 saturated heterocycles. The van der Waals surface area contributed by atoms with Crippen LogP contribution in [0.2, 0.25) is 0 Å². The number of hydrogen-bond acceptors (Lipinski definition) is 1. The molecular formula is C19H14F2O. The Balaban J connectivity index is 1.72. The van der Waals surface area contributed by atoms with Crippen LogP contribution in [-0.2, 0) is 6.61 Å². The van der Waals surface area contributed by atoms with E-state index in [0.29, 0.717) is 17.9 Å². The standard InChI is InChI=1S/C19H14F2O/c20-17-10-16(11-18(21)12-17)15-6-8-19(9-7-15)22-13-14-4-2-1-3-5-14/h1-12H,13H2. The van der Waals surface area contributed by atoms with Gasteiger partial charge in [-0.15, -0.1) is 0 Å². The molecule has 1 nitrogen and oxygen atoms in total. The minimum absolute atomic E-state index is 0.481. The average Bonchev–Trinajstić information content (AvgIpc) is 2.53. The normalized spacial score (nSPS) is 10.5. The number of rotatable bonds is 4. The molecule has 0 amide bonds. The highest BCUT2D eigenvalue weighted by molar-refractivity contribution is 5.64. The molecule has 0 aliphatic rings. The Hall–Kier alpha value is -2.68. The first-order valence-electron chi connectivity index (χ1n) is 6.94. The van der Waals surface area contributed by atoms with Crippen molar-refractivity contribution in [3.63, 3.8) is 0 Å². The first-order chi connectivity index (χ1) is 10.7. The van der Waals surface area contributed by atoms with Crippen molar-refractivity contribution in [3.05, 3.63) is 90.0 Å². The average molecular weight is 296 g/mol. The van der Waals surface area contributed by atoms with Crippen molar-refractivity contribution in [2.45, 2.75) is 6.61 Å². The zero-order valence-corrected chi connectivity index (χ0v) is 11.8. The second-order valence-electron chi connectivity index (χ2n) is 4.96. The van der Waals surface area contributed by atoms with E-state index in [1.165, 1.54) is 12.1 Å². The predicted octanol–water partition coefficient (Wildman–Crippen LogP) is 5.21. The highest BCUT2D eigenvalue weighted by atomic mass is 19.1. The summed E-state index contributed by atoms with van der Waals surface area (Å²) in [6.45, 7) is 0.481. The molecule has 0 fully saturated rings. The van der Waals surface area contributed by atoms with Crippen molar-refractivity contribution >= 4 is 0 Å². The molecule has 22 heavy (non-hydrogen) atoms. The van der Waals surface area contributed by atoms with Gasteiger partial charge in [-0.2, -0.15) is 0 Å². The van der Waals surface area contributed by atoms with Crippen LogP contribution in [0.5, 0.6) is 5.75 Å². The van der Waals surface area contributed by atoms with Gasteiger partial charge in [0.05, 0.1) is 0 Å². The summed E-state index contributed by atoms with van der Waals surface area (Å²) >= 11 is 0. The SMILES string of the molecule is Fc1cc(F)cc(-c2ccc(OCc3ccccc3)cc2)c1. The highest BCUT2D eigenvalue weighted by Crippen LogP contribution is 2.24. The second kappa shape index (κ2) is 6.39. The van der Waals surface area contributed by atoms with Crippen molar-refractivity contribution in [3.8, 4) is 16.9 Å². The van der Waals surface area contributed by atoms with Gasteiger partial charge in [-0.25, -0.2) is 8.78 Å². The lowest BCUT2D eigenvalue weighted by Crippen LogP contribution is -1.94. The molecule has 3 aromatic carbocycles. The Kier molecular flexibility index (Phi) is 4.15. The van der Waals surface area contributed by atoms with Crippen LogP contribution < -0.4 is 4.74 Å². The smallest absolute Gasteiger partial charge is 0.126 e. The molecule has 3 rings (SSSR count). The van der Waals surface area contributed by atoms with E-state index < -0.39 is 11.6 Å². The Morgan fingerprint density at radius 3 is 1.95 bits per heavy atom. The number of benzene rings is 3. The minimum atomic E-state index is -0.584. The van der Waals surface area contributed by atoms with Gasteiger partial charge in [0, 0.05) is 6.07 Å². The van der Waals surface area contributed by atoms with Gasteiger partial charge >= 0.3 is 0 Å². The van der Waals surface area contributed by atoms with E-state index in [0.717, 1.165) is 17.2 Å². The van der Waals surface area contributed by atoms with Gasteiger partial charge in [0.2, 0.25) is 0 Å². The van der Waals surface area contributed by atoms with Gasteiger partial charge in [0.1, 0.15) is 24.0 Å². The molecule has 0 unspecified atom stereocenters. The van der Waals surface area contributed by atoms with Crippen molar-refractivity contribution in [1.82, 2.24) is 0 Å². The molecule has 3 aromatic rings. The Morgan fingerprint density at radius 2 is 1.32 bits per heavy atom. The lowest BCUT2D eigenvalue weighted by Gasteiger charge is -2.08. The van der Waals surface area contributed by atoms with Crippen molar-refractivity contribution in [2.24, 2.45) is 0 Å². The van der Waals surface area contributed by atoms with Gasteiger partial charge in [0.25, 0.3) is 0 Å². The summed E-state index contributed by atoms with van der Waals surface area (Å²) in [6, 6.07) is 20.5. The molecule has 0 atom stereocenters. The van der Waals surface area contributed by atoms with E-state index >= 15 is 0 Å². The fourth-order valence-electron chi connectivity index (χ4n) is 2.21. The first kappa shape index (κ1) is 14.3. The van der Waals surface area contributed by atoms with Gasteiger partial charge in [-0.3, -0.25) is 0 Å². The third-order valence-electron chi connectivity index (χ3n) is 3.30. The van der Waals surface area contributed by atoms with E-state index in [1.807, 2.05) is 30.3 Å². The fraction of sp³-hybridized carbons (Fsp3) is 0.0526. The monoisotopic (exact) mass is 296 g/mol. The first-order valence-corrected chi connectivity index (χ1v) is 6.94. The molecular weight excluding hydrogens is 282 g/mol. The van der Waals surface area contributed by atoms with Crippen molar-refractivity contribution in [1.29, 1.82) is 0 Å². The molecule has 3 heteroatoms. The summed E-state index contributed by atoms with van der Waals surface area (Å²) in [7, 11) is 0. The molecule has 0 aliphatic heterocycles. The van der Waals surface area contributed by atoms with Crippen LogP contribution in [0.25, 0.3) is 11.1 Å². The molecule has 0 bridgehead atoms. The zero-order chi connectivity index (χ0) is 15.4. The molecule has 0 heterocycles. The number of ether oxygens (including phenoxy) is 1. The second-order valence-corrected chi connectivity index (χ2v) is 4.96. The zero-order valence-electron chi connectivity index (χ0n) is 11.8. The van der Waals surface area contributed by atoms with Gasteiger partial charge in [0.15, 0.2) is 0 Å². The van der Waals surface area contributed by atoms with E-state index in [1.54, 1.807) is 24.3 Å². The lowest BCUT2D eigenvalue weighted by molar-refractivity contribution is 0.306. The van der Waals surface area contributed by atoms with Crippen LogP contribution in [-0.4, -0.2) is 0 Å². The van der Waals surface area contributed by atoms with Crippen LogP contribution in [0.1, 0.15) is 5.56 Å². The van der Waals surface area contributed by atoms with Gasteiger partial charge in [-0.05, 0) is 41.0 Å². The third kappa shape index (κ3) is 3.50.